The van der Waals surface area contributed by atoms with Crippen molar-refractivity contribution in [2.45, 2.75) is 79.2 Å². The summed E-state index contributed by atoms with van der Waals surface area (Å²) in [6, 6.07) is 0. The monoisotopic (exact) mass is 404 g/mol. The van der Waals surface area contributed by atoms with Crippen LogP contribution in [0.3, 0.4) is 0 Å². The van der Waals surface area contributed by atoms with Crippen LogP contribution in [0, 0.1) is 23.2 Å². The highest BCUT2D eigenvalue weighted by atomic mass is 16.5. The summed E-state index contributed by atoms with van der Waals surface area (Å²) < 4.78 is 10.8. The summed E-state index contributed by atoms with van der Waals surface area (Å²) in [7, 11) is 0. The number of fused-ring (bicyclic) bond motifs is 1. The summed E-state index contributed by atoms with van der Waals surface area (Å²) in [6.07, 6.45) is 6.45. The molecule has 5 nitrogen and oxygen atoms in total. The number of hydrogen-bond donors (Lipinski definition) is 0. The van der Waals surface area contributed by atoms with E-state index >= 15 is 0 Å². The number of ether oxygens (including phenoxy) is 2. The second kappa shape index (κ2) is 9.73. The average Bonchev–Trinajstić information content (AvgIpc) is 2.67. The molecule has 5 atom stereocenters. The highest BCUT2D eigenvalue weighted by Crippen LogP contribution is 2.60. The maximum absolute atomic E-state index is 12.3. The molecule has 2 aliphatic rings. The highest BCUT2D eigenvalue weighted by molar-refractivity contribution is 5.80. The summed E-state index contributed by atoms with van der Waals surface area (Å²) in [5.74, 6) is 0.559. The molecule has 0 N–H and O–H groups in total. The van der Waals surface area contributed by atoms with Crippen LogP contribution >= 0.6 is 0 Å². The van der Waals surface area contributed by atoms with Crippen LogP contribution in [0.5, 0.6) is 0 Å². The van der Waals surface area contributed by atoms with Crippen molar-refractivity contribution < 1.29 is 23.9 Å². The van der Waals surface area contributed by atoms with Crippen LogP contribution in [0.2, 0.25) is 0 Å². The molecule has 29 heavy (non-hydrogen) atoms. The van der Waals surface area contributed by atoms with E-state index in [0.29, 0.717) is 30.5 Å². The van der Waals surface area contributed by atoms with Crippen LogP contribution in [-0.4, -0.2) is 30.4 Å². The Morgan fingerprint density at radius 2 is 1.90 bits per heavy atom. The van der Waals surface area contributed by atoms with E-state index < -0.39 is 0 Å². The van der Waals surface area contributed by atoms with Gasteiger partial charge < -0.3 is 9.47 Å². The molecular formula is C24H36O5. The Balaban J connectivity index is 2.17. The summed E-state index contributed by atoms with van der Waals surface area (Å²) >= 11 is 0. The zero-order chi connectivity index (χ0) is 21.8. The Morgan fingerprint density at radius 3 is 2.52 bits per heavy atom. The normalized spacial score (nSPS) is 31.5. The molecule has 0 spiro atoms. The van der Waals surface area contributed by atoms with Crippen molar-refractivity contribution in [2.75, 3.05) is 6.61 Å². The van der Waals surface area contributed by atoms with Gasteiger partial charge in [-0.3, -0.25) is 14.4 Å². The van der Waals surface area contributed by atoms with Gasteiger partial charge in [-0.2, -0.15) is 0 Å². The zero-order valence-electron chi connectivity index (χ0n) is 18.6. The van der Waals surface area contributed by atoms with E-state index in [1.807, 2.05) is 19.9 Å². The Hall–Kier alpha value is -1.91. The highest BCUT2D eigenvalue weighted by Gasteiger charge is 2.56. The minimum Gasteiger partial charge on any atom is -0.462 e. The SMILES string of the molecule is C=C1CCC(=O)[C@@H](C)CC[C@H]2[C@H]1C[C@]2(C)C(C/C=C(/C)COC(C)=O)OC(C)=O. The summed E-state index contributed by atoms with van der Waals surface area (Å²) in [5.41, 5.74) is 1.96. The van der Waals surface area contributed by atoms with Crippen molar-refractivity contribution in [3.63, 3.8) is 0 Å². The first kappa shape index (κ1) is 23.4. The molecule has 0 amide bonds. The van der Waals surface area contributed by atoms with E-state index in [1.54, 1.807) is 0 Å². The number of Topliss-reactive ketones (excluding diaryl/α,β-unsaturated/α-hetero) is 1. The lowest BCUT2D eigenvalue weighted by Crippen LogP contribution is -2.54. The van der Waals surface area contributed by atoms with Gasteiger partial charge in [0.05, 0.1) is 0 Å². The molecule has 0 aliphatic heterocycles. The molecule has 2 aliphatic carbocycles. The third kappa shape index (κ3) is 5.80. The number of allylic oxidation sites excluding steroid dienone is 1. The van der Waals surface area contributed by atoms with Gasteiger partial charge in [0.15, 0.2) is 0 Å². The molecule has 0 radical (unpaired) electrons. The Morgan fingerprint density at radius 1 is 1.21 bits per heavy atom. The molecule has 162 valence electrons. The fourth-order valence-electron chi connectivity index (χ4n) is 4.94. The van der Waals surface area contributed by atoms with Crippen molar-refractivity contribution in [2.24, 2.45) is 23.2 Å². The molecular weight excluding hydrogens is 368 g/mol. The molecule has 2 saturated carbocycles. The van der Waals surface area contributed by atoms with Gasteiger partial charge in [0, 0.05) is 38.0 Å². The predicted octanol–water partition coefficient (Wildman–Crippen LogP) is 4.80. The van der Waals surface area contributed by atoms with Gasteiger partial charge in [0.2, 0.25) is 0 Å². The molecule has 0 saturated heterocycles. The molecule has 2 rings (SSSR count). The van der Waals surface area contributed by atoms with Crippen molar-refractivity contribution in [3.8, 4) is 0 Å². The molecule has 0 bridgehead atoms. The first-order valence-corrected chi connectivity index (χ1v) is 10.7. The maximum atomic E-state index is 12.3. The molecule has 1 unspecified atom stereocenters. The standard InChI is InChI=1S/C24H36O5/c1-15(14-28-18(4)25)7-12-23(29-19(5)26)24(6)13-20-16(2)9-11-22(27)17(3)8-10-21(20)24/h7,17,20-21,23H,2,8-14H2,1,3-6H3/b15-7-/t17-,20-,21-,23?,24-/m0/s1. The Labute approximate surface area is 174 Å². The molecule has 0 heterocycles. The first-order valence-electron chi connectivity index (χ1n) is 10.7. The number of ketones is 1. The van der Waals surface area contributed by atoms with E-state index in [4.69, 9.17) is 9.47 Å². The van der Waals surface area contributed by atoms with Crippen molar-refractivity contribution in [1.29, 1.82) is 0 Å². The van der Waals surface area contributed by atoms with Crippen LogP contribution in [0.4, 0.5) is 0 Å². The van der Waals surface area contributed by atoms with Crippen LogP contribution in [0.15, 0.2) is 23.8 Å². The lowest BCUT2D eigenvalue weighted by molar-refractivity contribution is -0.170. The molecule has 5 heteroatoms. The van der Waals surface area contributed by atoms with E-state index in [9.17, 15) is 14.4 Å². The topological polar surface area (TPSA) is 69.7 Å². The van der Waals surface area contributed by atoms with Crippen LogP contribution < -0.4 is 0 Å². The zero-order valence-corrected chi connectivity index (χ0v) is 18.6. The van der Waals surface area contributed by atoms with Gasteiger partial charge in [0.25, 0.3) is 0 Å². The number of hydrogen-bond acceptors (Lipinski definition) is 5. The largest absolute Gasteiger partial charge is 0.462 e. The van der Waals surface area contributed by atoms with Gasteiger partial charge in [-0.25, -0.2) is 0 Å². The third-order valence-corrected chi connectivity index (χ3v) is 6.90. The van der Waals surface area contributed by atoms with Crippen LogP contribution in [0.25, 0.3) is 0 Å². The fraction of sp³-hybridized carbons (Fsp3) is 0.708. The smallest absolute Gasteiger partial charge is 0.302 e. The summed E-state index contributed by atoms with van der Waals surface area (Å²) in [5, 5.41) is 0. The molecule has 0 aromatic carbocycles. The lowest BCUT2D eigenvalue weighted by atomic mass is 9.49. The second-order valence-electron chi connectivity index (χ2n) is 9.19. The first-order chi connectivity index (χ1) is 13.5. The van der Waals surface area contributed by atoms with Crippen molar-refractivity contribution >= 4 is 17.7 Å². The number of carbonyl (C=O) groups is 3. The second-order valence-corrected chi connectivity index (χ2v) is 9.19. The Kier molecular flexibility index (Phi) is 7.84. The quantitative estimate of drug-likeness (QED) is 0.470. The number of rotatable bonds is 6. The lowest BCUT2D eigenvalue weighted by Gasteiger charge is -2.57. The molecule has 0 aromatic rings. The Bertz CT molecular complexity index is 691. The molecule has 0 aromatic heterocycles. The van der Waals surface area contributed by atoms with Gasteiger partial charge >= 0.3 is 11.9 Å². The van der Waals surface area contributed by atoms with Crippen molar-refractivity contribution in [3.05, 3.63) is 23.8 Å². The third-order valence-electron chi connectivity index (χ3n) is 6.90. The average molecular weight is 405 g/mol. The van der Waals surface area contributed by atoms with E-state index in [0.717, 1.165) is 36.8 Å². The van der Waals surface area contributed by atoms with Gasteiger partial charge in [-0.15, -0.1) is 0 Å². The van der Waals surface area contributed by atoms with Gasteiger partial charge in [-0.05, 0) is 50.0 Å². The van der Waals surface area contributed by atoms with Gasteiger partial charge in [0.1, 0.15) is 18.5 Å². The van der Waals surface area contributed by atoms with Crippen LogP contribution in [0.1, 0.15) is 73.1 Å². The minimum atomic E-state index is -0.309. The van der Waals surface area contributed by atoms with Crippen molar-refractivity contribution in [1.82, 2.24) is 0 Å². The fourth-order valence-corrected chi connectivity index (χ4v) is 4.94. The van der Waals surface area contributed by atoms with Gasteiger partial charge in [-0.1, -0.05) is 32.1 Å². The predicted molar refractivity (Wildman–Crippen MR) is 112 cm³/mol. The minimum absolute atomic E-state index is 0.0736. The van der Waals surface area contributed by atoms with E-state index in [1.165, 1.54) is 13.8 Å². The summed E-state index contributed by atoms with van der Waals surface area (Å²) in [6.45, 7) is 13.5. The van der Waals surface area contributed by atoms with E-state index in [-0.39, 0.29) is 36.0 Å². The maximum Gasteiger partial charge on any atom is 0.302 e. The van der Waals surface area contributed by atoms with Crippen LogP contribution in [-0.2, 0) is 23.9 Å². The number of carbonyl (C=O) groups excluding carboxylic acids is 3. The molecule has 2 fully saturated rings. The number of esters is 2. The summed E-state index contributed by atoms with van der Waals surface area (Å²) in [4.78, 5) is 35.1. The van der Waals surface area contributed by atoms with E-state index in [2.05, 4.69) is 13.5 Å².